The quantitative estimate of drug-likeness (QED) is 0.283. The molecule has 29 heavy (non-hydrogen) atoms. The number of benzene rings is 3. The van der Waals surface area contributed by atoms with Crippen LogP contribution in [0.2, 0.25) is 10.0 Å². The van der Waals surface area contributed by atoms with Crippen LogP contribution < -0.4 is 0 Å². The van der Waals surface area contributed by atoms with Gasteiger partial charge in [0.25, 0.3) is 5.69 Å². The molecule has 3 aromatic rings. The van der Waals surface area contributed by atoms with E-state index in [0.29, 0.717) is 14.9 Å². The van der Waals surface area contributed by atoms with Gasteiger partial charge in [0.05, 0.1) is 20.4 Å². The average Bonchev–Trinajstić information content (AvgIpc) is 2.69. The summed E-state index contributed by atoms with van der Waals surface area (Å²) in [6.07, 6.45) is 0. The lowest BCUT2D eigenvalue weighted by atomic mass is 9.98. The summed E-state index contributed by atoms with van der Waals surface area (Å²) in [6.45, 7) is 0. The van der Waals surface area contributed by atoms with Gasteiger partial charge in [0.15, 0.2) is 5.78 Å². The first-order chi connectivity index (χ1) is 13.8. The lowest BCUT2D eigenvalue weighted by Gasteiger charge is -2.08. The predicted octanol–water partition coefficient (Wildman–Crippen LogP) is 5.98. The Kier molecular flexibility index (Phi) is 6.22. The highest BCUT2D eigenvalue weighted by Gasteiger charge is 2.22. The number of halogens is 2. The maximum atomic E-state index is 12.8. The van der Waals surface area contributed by atoms with Crippen LogP contribution in [0.25, 0.3) is 0 Å². The fourth-order valence-corrected chi connectivity index (χ4v) is 4.01. The molecule has 9 heteroatoms. The molecule has 3 aromatic carbocycles. The number of nitrogens with zero attached hydrogens (tertiary/aromatic N) is 1. The number of carboxylic acid groups (broad SMARTS) is 1. The Labute approximate surface area is 179 Å². The van der Waals surface area contributed by atoms with Crippen molar-refractivity contribution >= 4 is 52.4 Å². The monoisotopic (exact) mass is 447 g/mol. The molecule has 0 fully saturated rings. The van der Waals surface area contributed by atoms with Gasteiger partial charge in [0.2, 0.25) is 0 Å². The van der Waals surface area contributed by atoms with Crippen molar-refractivity contribution in [3.05, 3.63) is 97.5 Å². The zero-order chi connectivity index (χ0) is 21.1. The van der Waals surface area contributed by atoms with Crippen LogP contribution in [0.5, 0.6) is 0 Å². The highest BCUT2D eigenvalue weighted by Crippen LogP contribution is 2.39. The molecule has 1 N–H and O–H groups in total. The summed E-state index contributed by atoms with van der Waals surface area (Å²) in [6, 6.07) is 14.5. The van der Waals surface area contributed by atoms with Crippen LogP contribution in [0, 0.1) is 10.1 Å². The van der Waals surface area contributed by atoms with Crippen LogP contribution in [0.1, 0.15) is 26.3 Å². The van der Waals surface area contributed by atoms with Crippen molar-refractivity contribution in [2.24, 2.45) is 0 Å². The number of carboxylic acids is 1. The minimum atomic E-state index is -1.26. The van der Waals surface area contributed by atoms with E-state index in [9.17, 15) is 24.8 Å². The summed E-state index contributed by atoms with van der Waals surface area (Å²) >= 11 is 13.1. The largest absolute Gasteiger partial charge is 0.478 e. The molecule has 0 spiro atoms. The van der Waals surface area contributed by atoms with Gasteiger partial charge in [-0.3, -0.25) is 14.9 Å². The molecule has 0 aliphatic carbocycles. The average molecular weight is 448 g/mol. The first-order valence-corrected chi connectivity index (χ1v) is 9.63. The van der Waals surface area contributed by atoms with Crippen LogP contribution in [0.3, 0.4) is 0 Å². The fourth-order valence-electron chi connectivity index (χ4n) is 2.59. The topological polar surface area (TPSA) is 97.5 Å². The molecule has 0 radical (unpaired) electrons. The molecule has 6 nitrogen and oxygen atoms in total. The standard InChI is InChI=1S/C20H11Cl2NO5S/c21-12-6-8-17(15(22)10-12)29-18-7-5-11(9-16(18)23(27)28)19(24)13-3-1-2-4-14(13)20(25)26/h1-10H,(H,25,26). The third-order valence-corrected chi connectivity index (χ3v) is 5.73. The maximum Gasteiger partial charge on any atom is 0.336 e. The highest BCUT2D eigenvalue weighted by atomic mass is 35.5. The van der Waals surface area contributed by atoms with E-state index in [1.165, 1.54) is 42.5 Å². The Hall–Kier alpha value is -2.87. The number of carbonyl (C=O) groups excluding carboxylic acids is 1. The maximum absolute atomic E-state index is 12.8. The number of aromatic carboxylic acids is 1. The number of rotatable bonds is 6. The molecule has 0 bridgehead atoms. The Morgan fingerprint density at radius 3 is 2.21 bits per heavy atom. The third kappa shape index (κ3) is 4.59. The van der Waals surface area contributed by atoms with Crippen LogP contribution in [0.4, 0.5) is 5.69 Å². The molecule has 0 atom stereocenters. The normalized spacial score (nSPS) is 10.6. The van der Waals surface area contributed by atoms with Crippen molar-refractivity contribution in [2.45, 2.75) is 9.79 Å². The van der Waals surface area contributed by atoms with Gasteiger partial charge >= 0.3 is 5.97 Å². The van der Waals surface area contributed by atoms with E-state index in [1.807, 2.05) is 0 Å². The van der Waals surface area contributed by atoms with E-state index < -0.39 is 16.7 Å². The number of carbonyl (C=O) groups is 2. The third-order valence-electron chi connectivity index (χ3n) is 3.93. The SMILES string of the molecule is O=C(O)c1ccccc1C(=O)c1ccc(Sc2ccc(Cl)cc2Cl)c([N+](=O)[O-])c1. The van der Waals surface area contributed by atoms with Gasteiger partial charge in [-0.15, -0.1) is 0 Å². The van der Waals surface area contributed by atoms with Gasteiger partial charge in [-0.1, -0.05) is 53.2 Å². The first kappa shape index (κ1) is 20.9. The van der Waals surface area contributed by atoms with Crippen molar-refractivity contribution in [3.63, 3.8) is 0 Å². The van der Waals surface area contributed by atoms with Gasteiger partial charge in [-0.05, 0) is 36.4 Å². The van der Waals surface area contributed by atoms with Crippen molar-refractivity contribution in [1.82, 2.24) is 0 Å². The van der Waals surface area contributed by atoms with Crippen LogP contribution >= 0.6 is 35.0 Å². The van der Waals surface area contributed by atoms with Gasteiger partial charge in [-0.25, -0.2) is 4.79 Å². The molecule has 146 valence electrons. The summed E-state index contributed by atoms with van der Waals surface area (Å²) in [4.78, 5) is 35.9. The van der Waals surface area contributed by atoms with E-state index in [2.05, 4.69) is 0 Å². The number of hydrogen-bond acceptors (Lipinski definition) is 5. The van der Waals surface area contributed by atoms with E-state index in [1.54, 1.807) is 12.1 Å². The summed E-state index contributed by atoms with van der Waals surface area (Å²) in [5.74, 6) is -1.87. The van der Waals surface area contributed by atoms with Crippen molar-refractivity contribution in [3.8, 4) is 0 Å². The minimum absolute atomic E-state index is 0.0111. The molecule has 0 aliphatic heterocycles. The van der Waals surface area contributed by atoms with Gasteiger partial charge in [0.1, 0.15) is 0 Å². The number of nitro groups is 1. The van der Waals surface area contributed by atoms with Crippen molar-refractivity contribution in [1.29, 1.82) is 0 Å². The van der Waals surface area contributed by atoms with E-state index in [-0.39, 0.29) is 27.3 Å². The second-order valence-corrected chi connectivity index (χ2v) is 7.72. The molecular formula is C20H11Cl2NO5S. The molecular weight excluding hydrogens is 437 g/mol. The van der Waals surface area contributed by atoms with Crippen LogP contribution in [-0.4, -0.2) is 21.8 Å². The summed E-state index contributed by atoms with van der Waals surface area (Å²) < 4.78 is 0. The van der Waals surface area contributed by atoms with Crippen LogP contribution in [-0.2, 0) is 0 Å². The molecule has 0 amide bonds. The zero-order valence-electron chi connectivity index (χ0n) is 14.5. The summed E-state index contributed by atoms with van der Waals surface area (Å²) in [5.41, 5.74) is -0.501. The number of nitro benzene ring substituents is 1. The number of ketones is 1. The zero-order valence-corrected chi connectivity index (χ0v) is 16.8. The van der Waals surface area contributed by atoms with E-state index >= 15 is 0 Å². The summed E-state index contributed by atoms with van der Waals surface area (Å²) in [5, 5.41) is 21.6. The Morgan fingerprint density at radius 2 is 1.59 bits per heavy atom. The Morgan fingerprint density at radius 1 is 0.931 bits per heavy atom. The van der Waals surface area contributed by atoms with E-state index in [0.717, 1.165) is 17.8 Å². The van der Waals surface area contributed by atoms with E-state index in [4.69, 9.17) is 23.2 Å². The second-order valence-electron chi connectivity index (χ2n) is 5.80. The second kappa shape index (κ2) is 8.65. The molecule has 0 aliphatic rings. The van der Waals surface area contributed by atoms with Crippen molar-refractivity contribution < 1.29 is 19.6 Å². The Bertz CT molecular complexity index is 1150. The first-order valence-electron chi connectivity index (χ1n) is 8.06. The molecule has 0 aromatic heterocycles. The molecule has 0 unspecified atom stereocenters. The lowest BCUT2D eigenvalue weighted by Crippen LogP contribution is -2.10. The lowest BCUT2D eigenvalue weighted by molar-refractivity contribution is -0.387. The predicted molar refractivity (Wildman–Crippen MR) is 111 cm³/mol. The fraction of sp³-hybridized carbons (Fsp3) is 0. The molecule has 3 rings (SSSR count). The minimum Gasteiger partial charge on any atom is -0.478 e. The van der Waals surface area contributed by atoms with Gasteiger partial charge in [0, 0.05) is 27.1 Å². The van der Waals surface area contributed by atoms with Crippen molar-refractivity contribution in [2.75, 3.05) is 0 Å². The molecule has 0 heterocycles. The van der Waals surface area contributed by atoms with Crippen LogP contribution in [0.15, 0.2) is 70.5 Å². The molecule has 0 saturated heterocycles. The Balaban J connectivity index is 2.01. The highest BCUT2D eigenvalue weighted by molar-refractivity contribution is 7.99. The smallest absolute Gasteiger partial charge is 0.336 e. The number of hydrogen-bond donors (Lipinski definition) is 1. The molecule has 0 saturated carbocycles. The van der Waals surface area contributed by atoms with Gasteiger partial charge in [-0.2, -0.15) is 0 Å². The van der Waals surface area contributed by atoms with Gasteiger partial charge < -0.3 is 5.11 Å². The summed E-state index contributed by atoms with van der Waals surface area (Å²) in [7, 11) is 0.